The van der Waals surface area contributed by atoms with Gasteiger partial charge in [0.15, 0.2) is 5.82 Å². The third-order valence-corrected chi connectivity index (χ3v) is 4.71. The van der Waals surface area contributed by atoms with E-state index in [0.717, 1.165) is 24.7 Å². The summed E-state index contributed by atoms with van der Waals surface area (Å²) in [6.45, 7) is 0.465. The van der Waals surface area contributed by atoms with Gasteiger partial charge < -0.3 is 10.6 Å². The van der Waals surface area contributed by atoms with Crippen molar-refractivity contribution in [2.75, 3.05) is 24.7 Å². The predicted molar refractivity (Wildman–Crippen MR) is 80.4 cm³/mol. The molecule has 1 saturated heterocycles. The monoisotopic (exact) mass is 313 g/mol. The molecule has 2 N–H and O–H groups in total. The lowest BCUT2D eigenvalue weighted by Crippen LogP contribution is -2.30. The lowest BCUT2D eigenvalue weighted by Gasteiger charge is -2.11. The second kappa shape index (κ2) is 6.75. The number of benzene rings is 1. The van der Waals surface area contributed by atoms with Crippen LogP contribution in [0.1, 0.15) is 23.2 Å². The molecule has 1 unspecified atom stereocenters. The molecule has 1 aliphatic rings. The van der Waals surface area contributed by atoms with E-state index < -0.39 is 22.3 Å². The van der Waals surface area contributed by atoms with Gasteiger partial charge in [-0.15, -0.1) is 0 Å². The minimum atomic E-state index is -0.757. The SMILES string of the molecule is CNc1cc(C(=O)NCC2CCCS2)c([N+](=O)[O-])cc1F. The lowest BCUT2D eigenvalue weighted by atomic mass is 10.1. The third kappa shape index (κ3) is 3.63. The van der Waals surface area contributed by atoms with Gasteiger partial charge in [0.2, 0.25) is 0 Å². The maximum atomic E-state index is 13.6. The number of carbonyl (C=O) groups is 1. The smallest absolute Gasteiger partial charge is 0.285 e. The molecule has 0 aliphatic carbocycles. The average molecular weight is 313 g/mol. The molecule has 1 fully saturated rings. The number of hydrogen-bond donors (Lipinski definition) is 2. The van der Waals surface area contributed by atoms with E-state index in [4.69, 9.17) is 0 Å². The Morgan fingerprint density at radius 3 is 2.90 bits per heavy atom. The molecule has 21 heavy (non-hydrogen) atoms. The minimum Gasteiger partial charge on any atom is -0.386 e. The van der Waals surface area contributed by atoms with Gasteiger partial charge in [-0.2, -0.15) is 11.8 Å². The van der Waals surface area contributed by atoms with Crippen molar-refractivity contribution in [1.29, 1.82) is 0 Å². The molecule has 0 aromatic heterocycles. The van der Waals surface area contributed by atoms with Gasteiger partial charge in [-0.05, 0) is 24.7 Å². The first kappa shape index (κ1) is 15.6. The van der Waals surface area contributed by atoms with Gasteiger partial charge in [-0.1, -0.05) is 0 Å². The molecule has 1 amide bonds. The Labute approximate surface area is 125 Å². The first-order chi connectivity index (χ1) is 10.0. The molecule has 8 heteroatoms. The molecule has 1 aliphatic heterocycles. The highest BCUT2D eigenvalue weighted by Crippen LogP contribution is 2.27. The minimum absolute atomic E-state index is 0.0565. The van der Waals surface area contributed by atoms with Gasteiger partial charge in [0, 0.05) is 18.8 Å². The quantitative estimate of drug-likeness (QED) is 0.644. The fraction of sp³-hybridized carbons (Fsp3) is 0.462. The number of nitro groups is 1. The summed E-state index contributed by atoms with van der Waals surface area (Å²) >= 11 is 1.78. The first-order valence-corrected chi connectivity index (χ1v) is 7.63. The molecule has 1 aromatic carbocycles. The van der Waals surface area contributed by atoms with Crippen molar-refractivity contribution in [2.45, 2.75) is 18.1 Å². The van der Waals surface area contributed by atoms with Gasteiger partial charge in [0.25, 0.3) is 11.6 Å². The van der Waals surface area contributed by atoms with Crippen LogP contribution in [-0.2, 0) is 0 Å². The van der Waals surface area contributed by atoms with Crippen molar-refractivity contribution < 1.29 is 14.1 Å². The zero-order valence-corrected chi connectivity index (χ0v) is 12.3. The molecule has 1 atom stereocenters. The summed E-state index contributed by atoms with van der Waals surface area (Å²) in [4.78, 5) is 22.4. The highest BCUT2D eigenvalue weighted by molar-refractivity contribution is 8.00. The van der Waals surface area contributed by atoms with Gasteiger partial charge in [0.05, 0.1) is 16.7 Å². The second-order valence-corrected chi connectivity index (χ2v) is 6.11. The first-order valence-electron chi connectivity index (χ1n) is 6.58. The molecule has 6 nitrogen and oxygen atoms in total. The van der Waals surface area contributed by atoms with Crippen molar-refractivity contribution in [3.8, 4) is 0 Å². The summed E-state index contributed by atoms with van der Waals surface area (Å²) in [5, 5.41) is 16.6. The zero-order valence-electron chi connectivity index (χ0n) is 11.5. The fourth-order valence-corrected chi connectivity index (χ4v) is 3.40. The van der Waals surface area contributed by atoms with E-state index in [1.54, 1.807) is 11.8 Å². The van der Waals surface area contributed by atoms with Crippen LogP contribution in [0.25, 0.3) is 0 Å². The highest BCUT2D eigenvalue weighted by atomic mass is 32.2. The number of thioether (sulfide) groups is 1. The standard InChI is InChI=1S/C13H16FN3O3S/c1-15-11-5-9(12(17(19)20)6-10(11)14)13(18)16-7-8-3-2-4-21-8/h5-6,8,15H,2-4,7H2,1H3,(H,16,18). The van der Waals surface area contributed by atoms with E-state index in [0.29, 0.717) is 11.8 Å². The van der Waals surface area contributed by atoms with Crippen LogP contribution in [0, 0.1) is 15.9 Å². The van der Waals surface area contributed by atoms with Gasteiger partial charge in [0.1, 0.15) is 5.56 Å². The van der Waals surface area contributed by atoms with Crippen molar-refractivity contribution in [3.05, 3.63) is 33.6 Å². The van der Waals surface area contributed by atoms with Crippen LogP contribution in [0.2, 0.25) is 0 Å². The molecular formula is C13H16FN3O3S. The molecule has 1 aromatic rings. The number of hydrogen-bond acceptors (Lipinski definition) is 5. The molecule has 0 spiro atoms. The molecule has 2 rings (SSSR count). The number of nitrogens with one attached hydrogen (secondary N) is 2. The summed E-state index contributed by atoms with van der Waals surface area (Å²) in [5.41, 5.74) is -0.599. The van der Waals surface area contributed by atoms with E-state index in [-0.39, 0.29) is 11.3 Å². The van der Waals surface area contributed by atoms with Gasteiger partial charge >= 0.3 is 0 Å². The van der Waals surface area contributed by atoms with E-state index in [9.17, 15) is 19.3 Å². The van der Waals surface area contributed by atoms with Crippen molar-refractivity contribution in [3.63, 3.8) is 0 Å². The van der Waals surface area contributed by atoms with Crippen molar-refractivity contribution >= 4 is 29.0 Å². The summed E-state index contributed by atoms with van der Waals surface area (Å²) in [7, 11) is 1.49. The number of nitrogens with zero attached hydrogens (tertiary/aromatic N) is 1. The molecule has 0 bridgehead atoms. The molecular weight excluding hydrogens is 297 g/mol. The lowest BCUT2D eigenvalue weighted by molar-refractivity contribution is -0.385. The molecule has 114 valence electrons. The van der Waals surface area contributed by atoms with E-state index in [1.165, 1.54) is 13.1 Å². The highest BCUT2D eigenvalue weighted by Gasteiger charge is 2.24. The number of amides is 1. The largest absolute Gasteiger partial charge is 0.386 e. The Bertz CT molecular complexity index is 562. The van der Waals surface area contributed by atoms with E-state index >= 15 is 0 Å². The number of halogens is 1. The summed E-state index contributed by atoms with van der Waals surface area (Å²) < 4.78 is 13.6. The Kier molecular flexibility index (Phi) is 5.00. The number of carbonyl (C=O) groups excluding carboxylic acids is 1. The van der Waals surface area contributed by atoms with Crippen LogP contribution in [0.4, 0.5) is 15.8 Å². The Morgan fingerprint density at radius 2 is 2.33 bits per heavy atom. The second-order valence-electron chi connectivity index (χ2n) is 4.70. The number of nitro benzene ring substituents is 1. The van der Waals surface area contributed by atoms with Crippen LogP contribution >= 0.6 is 11.8 Å². The number of anilines is 1. The third-order valence-electron chi connectivity index (χ3n) is 3.31. The zero-order chi connectivity index (χ0) is 15.4. The van der Waals surface area contributed by atoms with Gasteiger partial charge in [-0.3, -0.25) is 14.9 Å². The molecule has 0 saturated carbocycles. The van der Waals surface area contributed by atoms with E-state index in [1.807, 2.05) is 0 Å². The van der Waals surface area contributed by atoms with Gasteiger partial charge in [-0.25, -0.2) is 4.39 Å². The summed E-state index contributed by atoms with van der Waals surface area (Å²) in [6.07, 6.45) is 2.14. The number of rotatable bonds is 5. The van der Waals surface area contributed by atoms with Crippen LogP contribution < -0.4 is 10.6 Å². The average Bonchev–Trinajstić information content (AvgIpc) is 2.97. The van der Waals surface area contributed by atoms with Crippen LogP contribution in [0.5, 0.6) is 0 Å². The topological polar surface area (TPSA) is 84.3 Å². The molecule has 1 heterocycles. The fourth-order valence-electron chi connectivity index (χ4n) is 2.19. The Balaban J connectivity index is 2.19. The Morgan fingerprint density at radius 1 is 1.57 bits per heavy atom. The normalized spacial score (nSPS) is 17.5. The van der Waals surface area contributed by atoms with Crippen LogP contribution in [0.3, 0.4) is 0 Å². The van der Waals surface area contributed by atoms with Crippen molar-refractivity contribution in [2.24, 2.45) is 0 Å². The predicted octanol–water partition coefficient (Wildman–Crippen LogP) is 2.40. The maximum absolute atomic E-state index is 13.6. The molecule has 0 radical (unpaired) electrons. The van der Waals surface area contributed by atoms with Crippen LogP contribution in [-0.4, -0.2) is 35.4 Å². The summed E-state index contributed by atoms with van der Waals surface area (Å²) in [5.74, 6) is -0.237. The van der Waals surface area contributed by atoms with Crippen LogP contribution in [0.15, 0.2) is 12.1 Å². The Hall–Kier alpha value is -1.83. The maximum Gasteiger partial charge on any atom is 0.285 e. The van der Waals surface area contributed by atoms with Crippen molar-refractivity contribution in [1.82, 2.24) is 5.32 Å². The summed E-state index contributed by atoms with van der Waals surface area (Å²) in [6, 6.07) is 1.94. The van der Waals surface area contributed by atoms with E-state index in [2.05, 4.69) is 10.6 Å².